The molecule has 0 spiro atoms. The zero-order valence-corrected chi connectivity index (χ0v) is 13.1. The zero-order chi connectivity index (χ0) is 15.2. The lowest BCUT2D eigenvalue weighted by Gasteiger charge is -2.09. The molecule has 0 fully saturated rings. The normalized spacial score (nSPS) is 10.2. The van der Waals surface area contributed by atoms with Gasteiger partial charge in [-0.2, -0.15) is 0 Å². The van der Waals surface area contributed by atoms with Crippen molar-refractivity contribution in [3.05, 3.63) is 51.2 Å². The lowest BCUT2D eigenvalue weighted by atomic mass is 10.2. The van der Waals surface area contributed by atoms with Crippen molar-refractivity contribution in [2.24, 2.45) is 0 Å². The molecule has 0 saturated carbocycles. The molecule has 2 N–H and O–H groups in total. The number of anilines is 1. The van der Waals surface area contributed by atoms with Gasteiger partial charge < -0.3 is 10.6 Å². The highest BCUT2D eigenvalue weighted by Gasteiger charge is 2.08. The van der Waals surface area contributed by atoms with E-state index >= 15 is 0 Å². The van der Waals surface area contributed by atoms with Crippen molar-refractivity contribution < 1.29 is 9.59 Å². The van der Waals surface area contributed by atoms with Crippen LogP contribution < -0.4 is 10.6 Å². The number of halogens is 1. The van der Waals surface area contributed by atoms with Crippen LogP contribution in [0, 0.1) is 6.92 Å². The molecule has 1 heterocycles. The Morgan fingerprint density at radius 3 is 2.71 bits per heavy atom. The number of hydrogen-bond acceptors (Lipinski definition) is 3. The van der Waals surface area contributed by atoms with Gasteiger partial charge in [-0.1, -0.05) is 17.7 Å². The molecule has 6 heteroatoms. The summed E-state index contributed by atoms with van der Waals surface area (Å²) in [5.41, 5.74) is 1.57. The number of aryl methyl sites for hydroxylation is 1. The minimum Gasteiger partial charge on any atom is -0.347 e. The van der Waals surface area contributed by atoms with Gasteiger partial charge in [0.15, 0.2) is 0 Å². The molecule has 0 aliphatic carbocycles. The molecule has 0 aliphatic heterocycles. The summed E-state index contributed by atoms with van der Waals surface area (Å²) in [5.74, 6) is -0.430. The minimum atomic E-state index is -0.264. The van der Waals surface area contributed by atoms with Crippen molar-refractivity contribution in [1.29, 1.82) is 0 Å². The van der Waals surface area contributed by atoms with E-state index in [-0.39, 0.29) is 18.4 Å². The first-order chi connectivity index (χ1) is 10.0. The van der Waals surface area contributed by atoms with Crippen molar-refractivity contribution in [2.45, 2.75) is 13.3 Å². The predicted octanol–water partition coefficient (Wildman–Crippen LogP) is 3.01. The molecule has 2 rings (SSSR count). The first-order valence-electron chi connectivity index (χ1n) is 6.39. The van der Waals surface area contributed by atoms with E-state index in [1.807, 2.05) is 24.4 Å². The highest BCUT2D eigenvalue weighted by molar-refractivity contribution is 7.10. The molecular weight excluding hydrogens is 308 g/mol. The average Bonchev–Trinajstić information content (AvgIpc) is 2.92. The Morgan fingerprint density at radius 1 is 1.24 bits per heavy atom. The molecular formula is C15H15ClN2O2S. The van der Waals surface area contributed by atoms with Crippen molar-refractivity contribution in [3.8, 4) is 0 Å². The molecule has 0 atom stereocenters. The lowest BCUT2D eigenvalue weighted by molar-refractivity contribution is -0.123. The van der Waals surface area contributed by atoms with E-state index in [1.54, 1.807) is 18.2 Å². The monoisotopic (exact) mass is 322 g/mol. The fourth-order valence-electron chi connectivity index (χ4n) is 1.77. The average molecular weight is 323 g/mol. The third-order valence-corrected chi connectivity index (χ3v) is 3.94. The van der Waals surface area contributed by atoms with E-state index in [1.165, 1.54) is 11.3 Å². The second-order valence-electron chi connectivity index (χ2n) is 4.54. The highest BCUT2D eigenvalue weighted by atomic mass is 35.5. The van der Waals surface area contributed by atoms with E-state index in [4.69, 9.17) is 11.6 Å². The molecule has 0 bridgehead atoms. The summed E-state index contributed by atoms with van der Waals surface area (Å²) in [6.45, 7) is 1.81. The Hall–Kier alpha value is -1.85. The summed E-state index contributed by atoms with van der Waals surface area (Å²) in [6, 6.07) is 9.00. The molecule has 2 amide bonds. The van der Waals surface area contributed by atoms with Crippen LogP contribution in [0.15, 0.2) is 35.7 Å². The number of carbonyl (C=O) groups is 2. The van der Waals surface area contributed by atoms with Gasteiger partial charge in [-0.05, 0) is 42.1 Å². The van der Waals surface area contributed by atoms with Gasteiger partial charge in [-0.3, -0.25) is 9.59 Å². The Bertz CT molecular complexity index is 641. The van der Waals surface area contributed by atoms with Crippen molar-refractivity contribution >= 4 is 40.4 Å². The molecule has 0 aliphatic rings. The quantitative estimate of drug-likeness (QED) is 0.889. The molecule has 0 unspecified atom stereocenters. The van der Waals surface area contributed by atoms with Crippen molar-refractivity contribution in [3.63, 3.8) is 0 Å². The predicted molar refractivity (Wildman–Crippen MR) is 85.9 cm³/mol. The Balaban J connectivity index is 1.80. The molecule has 4 nitrogen and oxygen atoms in total. The minimum absolute atomic E-state index is 0.0493. The smallest absolute Gasteiger partial charge is 0.243 e. The number of benzene rings is 1. The summed E-state index contributed by atoms with van der Waals surface area (Å²) in [4.78, 5) is 24.5. The number of rotatable bonds is 5. The number of hydrogen-bond donors (Lipinski definition) is 2. The summed E-state index contributed by atoms with van der Waals surface area (Å²) in [7, 11) is 0. The van der Waals surface area contributed by atoms with Crippen LogP contribution in [0.4, 0.5) is 5.69 Å². The molecule has 1 aromatic heterocycles. The van der Waals surface area contributed by atoms with Crippen molar-refractivity contribution in [2.75, 3.05) is 11.9 Å². The van der Waals surface area contributed by atoms with E-state index in [0.29, 0.717) is 17.1 Å². The number of carbonyl (C=O) groups excluding carboxylic acids is 2. The van der Waals surface area contributed by atoms with Gasteiger partial charge in [-0.15, -0.1) is 11.3 Å². The number of thiophene rings is 1. The first-order valence-corrected chi connectivity index (χ1v) is 7.65. The fourth-order valence-corrected chi connectivity index (χ4v) is 2.70. The van der Waals surface area contributed by atoms with Gasteiger partial charge in [-0.25, -0.2) is 0 Å². The summed E-state index contributed by atoms with van der Waals surface area (Å²) < 4.78 is 0. The molecule has 110 valence electrons. The topological polar surface area (TPSA) is 58.2 Å². The van der Waals surface area contributed by atoms with Crippen LogP contribution in [0.5, 0.6) is 0 Å². The summed E-state index contributed by atoms with van der Waals surface area (Å²) in [6.07, 6.45) is 0.297. The van der Waals surface area contributed by atoms with E-state index in [0.717, 1.165) is 10.4 Å². The van der Waals surface area contributed by atoms with E-state index < -0.39 is 0 Å². The van der Waals surface area contributed by atoms with Crippen LogP contribution in [0.3, 0.4) is 0 Å². The Kier molecular flexibility index (Phi) is 5.36. The van der Waals surface area contributed by atoms with Gasteiger partial charge in [0.25, 0.3) is 0 Å². The molecule has 1 aromatic carbocycles. The number of nitrogens with one attached hydrogen (secondary N) is 2. The van der Waals surface area contributed by atoms with Gasteiger partial charge in [0.2, 0.25) is 11.8 Å². The highest BCUT2D eigenvalue weighted by Crippen LogP contribution is 2.19. The maximum Gasteiger partial charge on any atom is 0.243 e. The third-order valence-electron chi connectivity index (χ3n) is 2.82. The first kappa shape index (κ1) is 15.5. The van der Waals surface area contributed by atoms with Crippen LogP contribution in [0.25, 0.3) is 0 Å². The van der Waals surface area contributed by atoms with Crippen LogP contribution in [-0.2, 0) is 16.0 Å². The second kappa shape index (κ2) is 7.24. The standard InChI is InChI=1S/C15H15ClN2O2S/c1-10-7-11(16)4-5-13(10)18-15(20)9-17-14(19)8-12-3-2-6-21-12/h2-7H,8-9H2,1H3,(H,17,19)(H,18,20). The van der Waals surface area contributed by atoms with Crippen LogP contribution in [-0.4, -0.2) is 18.4 Å². The summed E-state index contributed by atoms with van der Waals surface area (Å²) in [5, 5.41) is 7.88. The van der Waals surface area contributed by atoms with Crippen LogP contribution in [0.1, 0.15) is 10.4 Å². The molecule has 2 aromatic rings. The number of amides is 2. The third kappa shape index (κ3) is 4.88. The SMILES string of the molecule is Cc1cc(Cl)ccc1NC(=O)CNC(=O)Cc1cccs1. The van der Waals surface area contributed by atoms with Gasteiger partial charge in [0.05, 0.1) is 13.0 Å². The fraction of sp³-hybridized carbons (Fsp3) is 0.200. The largest absolute Gasteiger partial charge is 0.347 e. The van der Waals surface area contributed by atoms with Crippen LogP contribution >= 0.6 is 22.9 Å². The van der Waals surface area contributed by atoms with Crippen molar-refractivity contribution in [1.82, 2.24) is 5.32 Å². The second-order valence-corrected chi connectivity index (χ2v) is 6.01. The Labute approximate surface area is 132 Å². The van der Waals surface area contributed by atoms with Gasteiger partial charge in [0, 0.05) is 15.6 Å². The van der Waals surface area contributed by atoms with Gasteiger partial charge in [0.1, 0.15) is 0 Å². The maximum absolute atomic E-state index is 11.8. The summed E-state index contributed by atoms with van der Waals surface area (Å²) >= 11 is 7.37. The lowest BCUT2D eigenvalue weighted by Crippen LogP contribution is -2.33. The Morgan fingerprint density at radius 2 is 2.05 bits per heavy atom. The van der Waals surface area contributed by atoms with Gasteiger partial charge >= 0.3 is 0 Å². The van der Waals surface area contributed by atoms with E-state index in [2.05, 4.69) is 10.6 Å². The van der Waals surface area contributed by atoms with Crippen LogP contribution in [0.2, 0.25) is 5.02 Å². The maximum atomic E-state index is 11.8. The molecule has 21 heavy (non-hydrogen) atoms. The van der Waals surface area contributed by atoms with E-state index in [9.17, 15) is 9.59 Å². The molecule has 0 radical (unpaired) electrons. The zero-order valence-electron chi connectivity index (χ0n) is 11.5. The molecule has 0 saturated heterocycles.